The van der Waals surface area contributed by atoms with Gasteiger partial charge in [0, 0.05) is 0 Å². The number of rotatable bonds is 7. The van der Waals surface area contributed by atoms with Gasteiger partial charge in [-0.05, 0) is 66.8 Å². The molecule has 0 bridgehead atoms. The van der Waals surface area contributed by atoms with Crippen LogP contribution in [0, 0.1) is 0 Å². The lowest BCUT2D eigenvalue weighted by atomic mass is 9.93. The van der Waals surface area contributed by atoms with Crippen LogP contribution >= 0.6 is 0 Å². The molecule has 4 N–H and O–H groups in total. The fourth-order valence-electron chi connectivity index (χ4n) is 2.47. The van der Waals surface area contributed by atoms with Crippen LogP contribution in [-0.4, -0.2) is 28.7 Å². The maximum absolute atomic E-state index is 11.2. The molecule has 2 aromatic carbocycles. The molecule has 2 aromatic rings. The van der Waals surface area contributed by atoms with Gasteiger partial charge in [-0.3, -0.25) is 0 Å². The van der Waals surface area contributed by atoms with E-state index < -0.39 is 11.9 Å². The zero-order valence-electron chi connectivity index (χ0n) is 12.7. The van der Waals surface area contributed by atoms with Gasteiger partial charge in [-0.2, -0.15) is 0 Å². The lowest BCUT2D eigenvalue weighted by Crippen LogP contribution is -2.02. The van der Waals surface area contributed by atoms with E-state index in [0.29, 0.717) is 6.54 Å². The van der Waals surface area contributed by atoms with Crippen LogP contribution in [0.25, 0.3) is 11.1 Å². The minimum absolute atomic E-state index is 0.223. The molecule has 0 saturated heterocycles. The van der Waals surface area contributed by atoms with Gasteiger partial charge in [0.2, 0.25) is 0 Å². The molecule has 0 saturated carbocycles. The Morgan fingerprint density at radius 1 is 0.870 bits per heavy atom. The Labute approximate surface area is 134 Å². The van der Waals surface area contributed by atoms with Gasteiger partial charge in [-0.1, -0.05) is 18.2 Å². The fourth-order valence-corrected chi connectivity index (χ4v) is 2.47. The SMILES string of the molecule is NCCCCc1cc(C(=O)O)ccc1-c1ccc(C(=O)O)cc1. The van der Waals surface area contributed by atoms with E-state index in [0.717, 1.165) is 36.0 Å². The highest BCUT2D eigenvalue weighted by molar-refractivity contribution is 5.90. The van der Waals surface area contributed by atoms with Crippen molar-refractivity contribution < 1.29 is 19.8 Å². The van der Waals surface area contributed by atoms with E-state index >= 15 is 0 Å². The number of hydrogen-bond acceptors (Lipinski definition) is 3. The van der Waals surface area contributed by atoms with Gasteiger partial charge in [-0.15, -0.1) is 0 Å². The highest BCUT2D eigenvalue weighted by atomic mass is 16.4. The Bertz CT molecular complexity index is 707. The molecule has 0 aliphatic heterocycles. The first kappa shape index (κ1) is 16.7. The van der Waals surface area contributed by atoms with Crippen molar-refractivity contribution >= 4 is 11.9 Å². The van der Waals surface area contributed by atoms with Gasteiger partial charge in [0.15, 0.2) is 0 Å². The zero-order valence-corrected chi connectivity index (χ0v) is 12.7. The van der Waals surface area contributed by atoms with Crippen molar-refractivity contribution in [2.75, 3.05) is 6.54 Å². The highest BCUT2D eigenvalue weighted by Crippen LogP contribution is 2.27. The fraction of sp³-hybridized carbons (Fsp3) is 0.222. The summed E-state index contributed by atoms with van der Waals surface area (Å²) in [5.74, 6) is -1.93. The average Bonchev–Trinajstić information content (AvgIpc) is 2.55. The second-order valence-corrected chi connectivity index (χ2v) is 5.31. The first-order valence-corrected chi connectivity index (χ1v) is 7.43. The van der Waals surface area contributed by atoms with Crippen molar-refractivity contribution in [2.45, 2.75) is 19.3 Å². The maximum Gasteiger partial charge on any atom is 0.335 e. The molecule has 0 atom stereocenters. The zero-order chi connectivity index (χ0) is 16.8. The third-order valence-electron chi connectivity index (χ3n) is 3.70. The van der Waals surface area contributed by atoms with Crippen LogP contribution in [0.1, 0.15) is 39.1 Å². The Hall–Kier alpha value is -2.66. The number of unbranched alkanes of at least 4 members (excludes halogenated alkanes) is 1. The smallest absolute Gasteiger partial charge is 0.335 e. The molecule has 0 heterocycles. The predicted octanol–water partition coefficient (Wildman–Crippen LogP) is 3.03. The molecule has 0 fully saturated rings. The molecule has 0 spiro atoms. The van der Waals surface area contributed by atoms with Gasteiger partial charge in [0.1, 0.15) is 0 Å². The molecule has 0 aromatic heterocycles. The molecule has 0 unspecified atom stereocenters. The molecular formula is C18H19NO4. The quantitative estimate of drug-likeness (QED) is 0.682. The normalized spacial score (nSPS) is 10.5. The molecule has 0 aliphatic carbocycles. The summed E-state index contributed by atoms with van der Waals surface area (Å²) in [4.78, 5) is 22.1. The second-order valence-electron chi connectivity index (χ2n) is 5.31. The van der Waals surface area contributed by atoms with E-state index in [1.54, 1.807) is 42.5 Å². The highest BCUT2D eigenvalue weighted by Gasteiger charge is 2.11. The summed E-state index contributed by atoms with van der Waals surface area (Å²) in [6, 6.07) is 11.6. The van der Waals surface area contributed by atoms with Crippen molar-refractivity contribution in [3.05, 3.63) is 59.2 Å². The summed E-state index contributed by atoms with van der Waals surface area (Å²) in [5, 5.41) is 18.1. The van der Waals surface area contributed by atoms with E-state index in [1.807, 2.05) is 0 Å². The number of carboxylic acid groups (broad SMARTS) is 2. The molecule has 0 radical (unpaired) electrons. The number of hydrogen-bond donors (Lipinski definition) is 3. The van der Waals surface area contributed by atoms with Gasteiger partial charge < -0.3 is 15.9 Å². The molecule has 0 aliphatic rings. The van der Waals surface area contributed by atoms with Crippen molar-refractivity contribution in [2.24, 2.45) is 5.73 Å². The van der Waals surface area contributed by atoms with Gasteiger partial charge >= 0.3 is 11.9 Å². The Balaban J connectivity index is 2.38. The average molecular weight is 313 g/mol. The number of aryl methyl sites for hydroxylation is 1. The largest absolute Gasteiger partial charge is 0.478 e. The van der Waals surface area contributed by atoms with Crippen molar-refractivity contribution in [1.82, 2.24) is 0 Å². The number of nitrogens with two attached hydrogens (primary N) is 1. The van der Waals surface area contributed by atoms with Crippen LogP contribution in [0.2, 0.25) is 0 Å². The maximum atomic E-state index is 11.2. The molecular weight excluding hydrogens is 294 g/mol. The van der Waals surface area contributed by atoms with E-state index in [4.69, 9.17) is 15.9 Å². The summed E-state index contributed by atoms with van der Waals surface area (Å²) >= 11 is 0. The lowest BCUT2D eigenvalue weighted by Gasteiger charge is -2.11. The van der Waals surface area contributed by atoms with Crippen LogP contribution in [-0.2, 0) is 6.42 Å². The number of carboxylic acids is 2. The summed E-state index contributed by atoms with van der Waals surface area (Å²) < 4.78 is 0. The van der Waals surface area contributed by atoms with Gasteiger partial charge in [0.25, 0.3) is 0 Å². The summed E-state index contributed by atoms with van der Waals surface area (Å²) in [7, 11) is 0. The Kier molecular flexibility index (Phi) is 5.49. The van der Waals surface area contributed by atoms with E-state index in [-0.39, 0.29) is 11.1 Å². The lowest BCUT2D eigenvalue weighted by molar-refractivity contribution is 0.0686. The van der Waals surface area contributed by atoms with Crippen LogP contribution in [0.4, 0.5) is 0 Å². The van der Waals surface area contributed by atoms with Crippen LogP contribution in [0.15, 0.2) is 42.5 Å². The third kappa shape index (κ3) is 4.17. The molecule has 23 heavy (non-hydrogen) atoms. The van der Waals surface area contributed by atoms with E-state index in [1.165, 1.54) is 0 Å². The topological polar surface area (TPSA) is 101 Å². The van der Waals surface area contributed by atoms with E-state index in [2.05, 4.69) is 0 Å². The minimum Gasteiger partial charge on any atom is -0.478 e. The van der Waals surface area contributed by atoms with Crippen LogP contribution in [0.5, 0.6) is 0 Å². The minimum atomic E-state index is -0.971. The van der Waals surface area contributed by atoms with Crippen molar-refractivity contribution in [1.29, 1.82) is 0 Å². The van der Waals surface area contributed by atoms with Crippen molar-refractivity contribution in [3.63, 3.8) is 0 Å². The molecule has 120 valence electrons. The summed E-state index contributed by atoms with van der Waals surface area (Å²) in [6.07, 6.45) is 2.48. The molecule has 5 nitrogen and oxygen atoms in total. The predicted molar refractivity (Wildman–Crippen MR) is 87.8 cm³/mol. The van der Waals surface area contributed by atoms with Crippen molar-refractivity contribution in [3.8, 4) is 11.1 Å². The third-order valence-corrected chi connectivity index (χ3v) is 3.70. The monoisotopic (exact) mass is 313 g/mol. The van der Waals surface area contributed by atoms with Gasteiger partial charge in [0.05, 0.1) is 11.1 Å². The van der Waals surface area contributed by atoms with Gasteiger partial charge in [-0.25, -0.2) is 9.59 Å². The standard InChI is InChI=1S/C18H19NO4/c19-10-2-1-3-14-11-15(18(22)23)8-9-16(14)12-4-6-13(7-5-12)17(20)21/h4-9,11H,1-3,10,19H2,(H,20,21)(H,22,23). The number of aromatic carboxylic acids is 2. The first-order valence-electron chi connectivity index (χ1n) is 7.43. The molecule has 5 heteroatoms. The Morgan fingerprint density at radius 2 is 1.48 bits per heavy atom. The summed E-state index contributed by atoms with van der Waals surface area (Å²) in [5.41, 5.74) is 8.71. The van der Waals surface area contributed by atoms with Crippen LogP contribution < -0.4 is 5.73 Å². The first-order chi connectivity index (χ1) is 11.0. The van der Waals surface area contributed by atoms with E-state index in [9.17, 15) is 9.59 Å². The second kappa shape index (κ2) is 7.56. The molecule has 0 amide bonds. The molecule has 2 rings (SSSR count). The Morgan fingerprint density at radius 3 is 2.04 bits per heavy atom. The van der Waals surface area contributed by atoms with Crippen LogP contribution in [0.3, 0.4) is 0 Å². The number of benzene rings is 2. The summed E-state index contributed by atoms with van der Waals surface area (Å²) in [6.45, 7) is 0.598. The number of carbonyl (C=O) groups is 2.